The number of carbonyl (C=O) groups is 1. The molecule has 0 heterocycles. The number of ether oxygens (including phenoxy) is 1. The van der Waals surface area contributed by atoms with Gasteiger partial charge in [0.15, 0.2) is 0 Å². The zero-order valence-corrected chi connectivity index (χ0v) is 8.02. The summed E-state index contributed by atoms with van der Waals surface area (Å²) < 4.78 is 4.99. The summed E-state index contributed by atoms with van der Waals surface area (Å²) in [6.45, 7) is 5.30. The van der Waals surface area contributed by atoms with Gasteiger partial charge in [-0.3, -0.25) is 4.79 Å². The van der Waals surface area contributed by atoms with Crippen molar-refractivity contribution in [2.45, 2.75) is 13.8 Å². The fourth-order valence-electron chi connectivity index (χ4n) is 0.852. The smallest absolute Gasteiger partial charge is 0.233 e. The molecular formula is C8H18N2O2. The minimum absolute atomic E-state index is 0.0282. The van der Waals surface area contributed by atoms with Crippen LogP contribution in [0.3, 0.4) is 0 Å². The van der Waals surface area contributed by atoms with Crippen LogP contribution in [0.2, 0.25) is 0 Å². The highest BCUT2D eigenvalue weighted by atomic mass is 16.5. The van der Waals surface area contributed by atoms with Crippen LogP contribution in [0.15, 0.2) is 0 Å². The summed E-state index contributed by atoms with van der Waals surface area (Å²) in [6, 6.07) is 0. The summed E-state index contributed by atoms with van der Waals surface area (Å²) in [5, 5.41) is 2.71. The van der Waals surface area contributed by atoms with Gasteiger partial charge in [-0.15, -0.1) is 0 Å². The minimum atomic E-state index is -0.126. The molecule has 0 aliphatic heterocycles. The summed E-state index contributed by atoms with van der Waals surface area (Å²) in [7, 11) is 1.65. The maximum atomic E-state index is 10.8. The number of hydrogen-bond acceptors (Lipinski definition) is 3. The van der Waals surface area contributed by atoms with E-state index in [1.165, 1.54) is 0 Å². The lowest BCUT2D eigenvalue weighted by atomic mass is 9.95. The molecule has 0 bridgehead atoms. The van der Waals surface area contributed by atoms with Crippen molar-refractivity contribution < 1.29 is 9.53 Å². The molecule has 12 heavy (non-hydrogen) atoms. The first-order valence-electron chi connectivity index (χ1n) is 3.97. The minimum Gasteiger partial charge on any atom is -0.384 e. The van der Waals surface area contributed by atoms with E-state index in [-0.39, 0.29) is 17.9 Å². The van der Waals surface area contributed by atoms with Gasteiger partial charge in [-0.25, -0.2) is 0 Å². The number of hydrogen-bond donors (Lipinski definition) is 2. The van der Waals surface area contributed by atoms with Crippen LogP contribution in [0.4, 0.5) is 0 Å². The highest BCUT2D eigenvalue weighted by molar-refractivity contribution is 5.77. The molecule has 72 valence electrons. The first-order chi connectivity index (χ1) is 5.52. The van der Waals surface area contributed by atoms with Crippen LogP contribution in [-0.2, 0) is 9.53 Å². The third-order valence-corrected chi connectivity index (χ3v) is 1.48. The van der Waals surface area contributed by atoms with Crippen LogP contribution in [0.25, 0.3) is 0 Å². The quantitative estimate of drug-likeness (QED) is 0.603. The number of carbonyl (C=O) groups excluding carboxylic acids is 1. The molecule has 0 radical (unpaired) electrons. The molecule has 4 nitrogen and oxygen atoms in total. The van der Waals surface area contributed by atoms with Crippen LogP contribution in [0.1, 0.15) is 13.8 Å². The number of amides is 1. The molecule has 0 fully saturated rings. The lowest BCUT2D eigenvalue weighted by Crippen LogP contribution is -2.39. The van der Waals surface area contributed by atoms with Gasteiger partial charge in [-0.2, -0.15) is 0 Å². The zero-order valence-electron chi connectivity index (χ0n) is 8.02. The summed E-state index contributed by atoms with van der Waals surface area (Å²) >= 11 is 0. The average Bonchev–Trinajstić information content (AvgIpc) is 2.00. The molecule has 0 aromatic carbocycles. The van der Waals surface area contributed by atoms with E-state index < -0.39 is 0 Å². The van der Waals surface area contributed by atoms with Crippen molar-refractivity contribution in [1.29, 1.82) is 0 Å². The van der Waals surface area contributed by atoms with Crippen LogP contribution in [0, 0.1) is 5.41 Å². The Morgan fingerprint density at radius 1 is 1.58 bits per heavy atom. The monoisotopic (exact) mass is 174 g/mol. The molecule has 4 heteroatoms. The van der Waals surface area contributed by atoms with Gasteiger partial charge in [-0.05, 0) is 0 Å². The van der Waals surface area contributed by atoms with E-state index in [1.807, 2.05) is 13.8 Å². The van der Waals surface area contributed by atoms with Crippen molar-refractivity contribution in [3.05, 3.63) is 0 Å². The van der Waals surface area contributed by atoms with E-state index in [0.717, 1.165) is 0 Å². The van der Waals surface area contributed by atoms with Crippen LogP contribution in [-0.4, -0.2) is 32.7 Å². The average molecular weight is 174 g/mol. The van der Waals surface area contributed by atoms with Crippen molar-refractivity contribution in [3.8, 4) is 0 Å². The summed E-state index contributed by atoms with van der Waals surface area (Å²) in [6.07, 6.45) is 0. The van der Waals surface area contributed by atoms with Crippen LogP contribution in [0.5, 0.6) is 0 Å². The predicted molar refractivity (Wildman–Crippen MR) is 47.7 cm³/mol. The van der Waals surface area contributed by atoms with Gasteiger partial charge in [0.1, 0.15) is 0 Å². The summed E-state index contributed by atoms with van der Waals surface area (Å²) in [4.78, 5) is 10.8. The molecule has 1 amide bonds. The number of nitrogens with one attached hydrogen (secondary N) is 1. The fourth-order valence-corrected chi connectivity index (χ4v) is 0.852. The molecule has 0 unspecified atom stereocenters. The normalized spacial score (nSPS) is 11.3. The van der Waals surface area contributed by atoms with E-state index >= 15 is 0 Å². The van der Waals surface area contributed by atoms with Crippen LogP contribution < -0.4 is 11.1 Å². The highest BCUT2D eigenvalue weighted by Crippen LogP contribution is 2.12. The van der Waals surface area contributed by atoms with E-state index in [0.29, 0.717) is 13.2 Å². The van der Waals surface area contributed by atoms with Gasteiger partial charge in [0.25, 0.3) is 0 Å². The Morgan fingerprint density at radius 3 is 2.58 bits per heavy atom. The second-order valence-electron chi connectivity index (χ2n) is 3.58. The summed E-state index contributed by atoms with van der Waals surface area (Å²) in [5.41, 5.74) is 5.10. The summed E-state index contributed by atoms with van der Waals surface area (Å²) in [5.74, 6) is -0.126. The Balaban J connectivity index is 3.67. The Labute approximate surface area is 73.5 Å². The van der Waals surface area contributed by atoms with Crippen molar-refractivity contribution in [2.24, 2.45) is 11.1 Å². The Morgan fingerprint density at radius 2 is 2.17 bits per heavy atom. The lowest BCUT2D eigenvalue weighted by Gasteiger charge is -2.23. The number of nitrogens with two attached hydrogens (primary N) is 1. The van der Waals surface area contributed by atoms with Crippen molar-refractivity contribution in [1.82, 2.24) is 5.32 Å². The highest BCUT2D eigenvalue weighted by Gasteiger charge is 2.17. The molecule has 0 rings (SSSR count). The SMILES string of the molecule is COCC(C)(C)CNC(=O)CN. The second kappa shape index (κ2) is 5.11. The van der Waals surface area contributed by atoms with Gasteiger partial charge in [0.05, 0.1) is 13.2 Å². The molecule has 0 saturated carbocycles. The molecule has 0 aromatic heterocycles. The maximum absolute atomic E-state index is 10.8. The van der Waals surface area contributed by atoms with E-state index in [9.17, 15) is 4.79 Å². The van der Waals surface area contributed by atoms with E-state index in [2.05, 4.69) is 5.32 Å². The fraction of sp³-hybridized carbons (Fsp3) is 0.875. The van der Waals surface area contributed by atoms with E-state index in [1.54, 1.807) is 7.11 Å². The molecule has 3 N–H and O–H groups in total. The third kappa shape index (κ3) is 5.09. The Bertz CT molecular complexity index is 146. The lowest BCUT2D eigenvalue weighted by molar-refractivity contribution is -0.120. The van der Waals surface area contributed by atoms with Crippen LogP contribution >= 0.6 is 0 Å². The predicted octanol–water partition coefficient (Wildman–Crippen LogP) is -0.266. The molecule has 0 spiro atoms. The van der Waals surface area contributed by atoms with Crippen molar-refractivity contribution >= 4 is 5.91 Å². The molecule has 0 aliphatic carbocycles. The van der Waals surface area contributed by atoms with E-state index in [4.69, 9.17) is 10.5 Å². The van der Waals surface area contributed by atoms with Gasteiger partial charge < -0.3 is 15.8 Å². The van der Waals surface area contributed by atoms with Gasteiger partial charge in [0, 0.05) is 19.1 Å². The molecule has 0 saturated heterocycles. The van der Waals surface area contributed by atoms with Crippen molar-refractivity contribution in [2.75, 3.05) is 26.8 Å². The largest absolute Gasteiger partial charge is 0.384 e. The zero-order chi connectivity index (χ0) is 9.61. The molecule has 0 aromatic rings. The van der Waals surface area contributed by atoms with Gasteiger partial charge in [0.2, 0.25) is 5.91 Å². The molecular weight excluding hydrogens is 156 g/mol. The number of methoxy groups -OCH3 is 1. The first-order valence-corrected chi connectivity index (χ1v) is 3.97. The molecule has 0 aliphatic rings. The Kier molecular flexibility index (Phi) is 4.85. The van der Waals surface area contributed by atoms with Gasteiger partial charge in [-0.1, -0.05) is 13.8 Å². The van der Waals surface area contributed by atoms with Gasteiger partial charge >= 0.3 is 0 Å². The topological polar surface area (TPSA) is 64.3 Å². The second-order valence-corrected chi connectivity index (χ2v) is 3.58. The third-order valence-electron chi connectivity index (χ3n) is 1.48. The molecule has 0 atom stereocenters. The first kappa shape index (κ1) is 11.4. The standard InChI is InChI=1S/C8H18N2O2/c1-8(2,6-12-3)5-10-7(11)4-9/h4-6,9H2,1-3H3,(H,10,11). The Hall–Kier alpha value is -0.610. The van der Waals surface area contributed by atoms with Crippen molar-refractivity contribution in [3.63, 3.8) is 0 Å². The number of rotatable bonds is 5. The maximum Gasteiger partial charge on any atom is 0.233 e.